The summed E-state index contributed by atoms with van der Waals surface area (Å²) < 4.78 is 13.3. The lowest BCUT2D eigenvalue weighted by Gasteiger charge is -2.12. The molecule has 0 aliphatic heterocycles. The maximum atomic E-state index is 6.20. The normalized spacial score (nSPS) is 11.3. The number of nitrogens with zero attached hydrogens (tertiary/aromatic N) is 3. The molecule has 4 rings (SSSR count). The van der Waals surface area contributed by atoms with E-state index < -0.39 is 0 Å². The number of hydrogen-bond acceptors (Lipinski definition) is 5. The Morgan fingerprint density at radius 2 is 1.74 bits per heavy atom. The van der Waals surface area contributed by atoms with Gasteiger partial charge in [-0.2, -0.15) is 0 Å². The van der Waals surface area contributed by atoms with E-state index >= 15 is 0 Å². The number of methoxy groups -OCH3 is 1. The highest BCUT2D eigenvalue weighted by Crippen LogP contribution is 2.29. The minimum absolute atomic E-state index is 0.449. The van der Waals surface area contributed by atoms with E-state index in [9.17, 15) is 0 Å². The number of hydrogen-bond donors (Lipinski definition) is 1. The Morgan fingerprint density at radius 1 is 0.963 bits per heavy atom. The maximum Gasteiger partial charge on any atom is 0.152 e. The molecule has 2 aromatic carbocycles. The number of aromatic nitrogens is 3. The predicted molar refractivity (Wildman–Crippen MR) is 107 cm³/mol. The molecule has 6 nitrogen and oxygen atoms in total. The molecule has 0 amide bonds. The van der Waals surface area contributed by atoms with E-state index in [4.69, 9.17) is 20.2 Å². The van der Waals surface area contributed by atoms with Crippen molar-refractivity contribution in [2.45, 2.75) is 13.0 Å². The highest BCUT2D eigenvalue weighted by Gasteiger charge is 2.17. The van der Waals surface area contributed by atoms with E-state index in [1.807, 2.05) is 48.5 Å². The summed E-state index contributed by atoms with van der Waals surface area (Å²) in [6.45, 7) is 1.79. The largest absolute Gasteiger partial charge is 0.492 e. The first-order valence-corrected chi connectivity index (χ1v) is 8.98. The molecular formula is C21H22N4O2. The third kappa shape index (κ3) is 3.44. The summed E-state index contributed by atoms with van der Waals surface area (Å²) in [5, 5.41) is 1.04. The summed E-state index contributed by atoms with van der Waals surface area (Å²) in [5.74, 6) is 2.23. The minimum atomic E-state index is 0.449. The third-order valence-electron chi connectivity index (χ3n) is 4.55. The first kappa shape index (κ1) is 17.3. The second-order valence-corrected chi connectivity index (χ2v) is 6.30. The lowest BCUT2D eigenvalue weighted by Crippen LogP contribution is -2.12. The molecule has 0 saturated heterocycles. The molecule has 2 aromatic heterocycles. The molecule has 0 aliphatic carbocycles. The topological polar surface area (TPSA) is 75.2 Å². The molecular weight excluding hydrogens is 340 g/mol. The van der Waals surface area contributed by atoms with Crippen molar-refractivity contribution in [3.05, 3.63) is 60.4 Å². The van der Waals surface area contributed by atoms with Gasteiger partial charge < -0.3 is 19.8 Å². The Hall–Kier alpha value is -3.12. The molecule has 0 bridgehead atoms. The molecule has 27 heavy (non-hydrogen) atoms. The molecule has 6 heteroatoms. The smallest absolute Gasteiger partial charge is 0.152 e. The summed E-state index contributed by atoms with van der Waals surface area (Å²) in [6, 6.07) is 17.8. The number of pyridine rings is 1. The highest BCUT2D eigenvalue weighted by molar-refractivity contribution is 6.06. The van der Waals surface area contributed by atoms with E-state index in [1.54, 1.807) is 7.11 Å². The number of benzene rings is 2. The highest BCUT2D eigenvalue weighted by atomic mass is 16.5. The summed E-state index contributed by atoms with van der Waals surface area (Å²) in [6.07, 6.45) is 0.699. The Morgan fingerprint density at radius 3 is 2.56 bits per heavy atom. The zero-order valence-electron chi connectivity index (χ0n) is 15.3. The first-order chi connectivity index (χ1) is 13.3. The number of anilines is 1. The number of imidazole rings is 1. The van der Waals surface area contributed by atoms with Gasteiger partial charge >= 0.3 is 0 Å². The molecule has 0 atom stereocenters. The molecule has 0 saturated carbocycles. The number of nitrogen functional groups attached to an aromatic ring is 1. The molecule has 0 spiro atoms. The Balaban J connectivity index is 1.75. The maximum absolute atomic E-state index is 6.20. The summed E-state index contributed by atoms with van der Waals surface area (Å²) in [4.78, 5) is 9.27. The molecule has 2 N–H and O–H groups in total. The number of nitrogens with two attached hydrogens (primary N) is 1. The lowest BCUT2D eigenvalue weighted by molar-refractivity contribution is 0.199. The van der Waals surface area contributed by atoms with Gasteiger partial charge in [-0.3, -0.25) is 0 Å². The van der Waals surface area contributed by atoms with Gasteiger partial charge in [0.25, 0.3) is 0 Å². The fraction of sp³-hybridized carbons (Fsp3) is 0.238. The third-order valence-corrected chi connectivity index (χ3v) is 4.55. The molecule has 0 aliphatic rings. The molecule has 0 radical (unpaired) electrons. The SMILES string of the molecule is COCCc1nc2c(N)nc3ccccc3c2n1CCOc1ccccc1. The fourth-order valence-electron chi connectivity index (χ4n) is 3.30. The monoisotopic (exact) mass is 362 g/mol. The van der Waals surface area contributed by atoms with E-state index in [0.717, 1.165) is 33.5 Å². The van der Waals surface area contributed by atoms with E-state index in [1.165, 1.54) is 0 Å². The van der Waals surface area contributed by atoms with Gasteiger partial charge in [0.15, 0.2) is 5.82 Å². The van der Waals surface area contributed by atoms with Crippen LogP contribution in [0.15, 0.2) is 54.6 Å². The standard InChI is InChI=1S/C21H22N4O2/c1-26-13-11-18-24-19-20(16-9-5-6-10-17(16)23-21(19)22)25(18)12-14-27-15-7-3-2-4-8-15/h2-10H,11-14H2,1H3,(H2,22,23). The number of ether oxygens (including phenoxy) is 2. The molecule has 0 unspecified atom stereocenters. The second-order valence-electron chi connectivity index (χ2n) is 6.30. The van der Waals surface area contributed by atoms with Crippen molar-refractivity contribution in [3.8, 4) is 5.75 Å². The van der Waals surface area contributed by atoms with Crippen LogP contribution in [-0.4, -0.2) is 34.9 Å². The summed E-state index contributed by atoms with van der Waals surface area (Å²) >= 11 is 0. The van der Waals surface area contributed by atoms with Crippen molar-refractivity contribution in [1.82, 2.24) is 14.5 Å². The van der Waals surface area contributed by atoms with Crippen LogP contribution >= 0.6 is 0 Å². The lowest BCUT2D eigenvalue weighted by atomic mass is 10.2. The van der Waals surface area contributed by atoms with Gasteiger partial charge in [-0.1, -0.05) is 36.4 Å². The Kier molecular flexibility index (Phi) is 4.89. The van der Waals surface area contributed by atoms with Crippen molar-refractivity contribution < 1.29 is 9.47 Å². The van der Waals surface area contributed by atoms with Crippen LogP contribution in [0.3, 0.4) is 0 Å². The van der Waals surface area contributed by atoms with Crippen LogP contribution in [-0.2, 0) is 17.7 Å². The first-order valence-electron chi connectivity index (χ1n) is 8.98. The Bertz CT molecular complexity index is 1060. The van der Waals surface area contributed by atoms with Crippen molar-refractivity contribution >= 4 is 27.8 Å². The van der Waals surface area contributed by atoms with Gasteiger partial charge in [-0.15, -0.1) is 0 Å². The van der Waals surface area contributed by atoms with Crippen molar-refractivity contribution in [2.24, 2.45) is 0 Å². The van der Waals surface area contributed by atoms with Crippen LogP contribution in [0.5, 0.6) is 5.75 Å². The molecule has 2 heterocycles. The molecule has 0 fully saturated rings. The molecule has 138 valence electrons. The van der Waals surface area contributed by atoms with Crippen LogP contribution in [0.25, 0.3) is 21.9 Å². The van der Waals surface area contributed by atoms with Crippen molar-refractivity contribution in [3.63, 3.8) is 0 Å². The number of para-hydroxylation sites is 2. The van der Waals surface area contributed by atoms with Gasteiger partial charge in [-0.05, 0) is 18.2 Å². The molecule has 4 aromatic rings. The zero-order chi connectivity index (χ0) is 18.6. The second kappa shape index (κ2) is 7.63. The number of fused-ring (bicyclic) bond motifs is 3. The predicted octanol–water partition coefficient (Wildman–Crippen LogP) is 3.43. The Labute approximate surface area is 157 Å². The van der Waals surface area contributed by atoms with Gasteiger partial charge in [0.2, 0.25) is 0 Å². The van der Waals surface area contributed by atoms with Gasteiger partial charge in [0, 0.05) is 18.9 Å². The van der Waals surface area contributed by atoms with E-state index in [2.05, 4.69) is 15.6 Å². The van der Waals surface area contributed by atoms with Crippen LogP contribution in [0, 0.1) is 0 Å². The van der Waals surface area contributed by atoms with Crippen LogP contribution in [0.1, 0.15) is 5.82 Å². The number of rotatable bonds is 7. The summed E-state index contributed by atoms with van der Waals surface area (Å²) in [7, 11) is 1.69. The van der Waals surface area contributed by atoms with Gasteiger partial charge in [0.1, 0.15) is 23.7 Å². The van der Waals surface area contributed by atoms with Gasteiger partial charge in [-0.25, -0.2) is 9.97 Å². The quantitative estimate of drug-likeness (QED) is 0.545. The average molecular weight is 362 g/mol. The van der Waals surface area contributed by atoms with Gasteiger partial charge in [0.05, 0.1) is 24.2 Å². The zero-order valence-corrected chi connectivity index (χ0v) is 15.3. The van der Waals surface area contributed by atoms with E-state index in [-0.39, 0.29) is 0 Å². The fourth-order valence-corrected chi connectivity index (χ4v) is 3.30. The van der Waals surface area contributed by atoms with Crippen molar-refractivity contribution in [2.75, 3.05) is 26.1 Å². The van der Waals surface area contributed by atoms with Crippen LogP contribution < -0.4 is 10.5 Å². The van der Waals surface area contributed by atoms with Crippen LogP contribution in [0.2, 0.25) is 0 Å². The summed E-state index contributed by atoms with van der Waals surface area (Å²) in [5.41, 5.74) is 8.81. The van der Waals surface area contributed by atoms with E-state index in [0.29, 0.717) is 32.0 Å². The average Bonchev–Trinajstić information content (AvgIpc) is 3.07. The van der Waals surface area contributed by atoms with Crippen molar-refractivity contribution in [1.29, 1.82) is 0 Å². The van der Waals surface area contributed by atoms with Crippen LogP contribution in [0.4, 0.5) is 5.82 Å². The minimum Gasteiger partial charge on any atom is -0.492 e.